The van der Waals surface area contributed by atoms with Crippen LogP contribution in [0.5, 0.6) is 0 Å². The molecule has 0 aliphatic rings. The van der Waals surface area contributed by atoms with Crippen molar-refractivity contribution in [2.75, 3.05) is 5.32 Å². The first-order valence-electron chi connectivity index (χ1n) is 6.74. The summed E-state index contributed by atoms with van der Waals surface area (Å²) in [6.45, 7) is 8.06. The van der Waals surface area contributed by atoms with Crippen molar-refractivity contribution in [3.63, 3.8) is 0 Å². The highest BCUT2D eigenvalue weighted by atomic mass is 79.9. The summed E-state index contributed by atoms with van der Waals surface area (Å²) < 4.78 is 6.00. The summed E-state index contributed by atoms with van der Waals surface area (Å²) >= 11 is 3.43. The molecular weight excluding hydrogens is 320 g/mol. The third-order valence-electron chi connectivity index (χ3n) is 3.10. The van der Waals surface area contributed by atoms with Crippen molar-refractivity contribution < 1.29 is 4.52 Å². The van der Waals surface area contributed by atoms with Crippen LogP contribution in [-0.2, 0) is 6.42 Å². The van der Waals surface area contributed by atoms with E-state index >= 15 is 0 Å². The molecule has 1 atom stereocenters. The predicted octanol–water partition coefficient (Wildman–Crippen LogP) is 3.97. The van der Waals surface area contributed by atoms with Crippen molar-refractivity contribution in [1.29, 1.82) is 0 Å². The average molecular weight is 339 g/mol. The van der Waals surface area contributed by atoms with E-state index in [1.54, 1.807) is 0 Å². The summed E-state index contributed by atoms with van der Waals surface area (Å²) in [4.78, 5) is 8.89. The fourth-order valence-corrected chi connectivity index (χ4v) is 2.70. The summed E-state index contributed by atoms with van der Waals surface area (Å²) in [5, 5.41) is 7.37. The smallest absolute Gasteiger partial charge is 0.139 e. The highest BCUT2D eigenvalue weighted by molar-refractivity contribution is 9.10. The Morgan fingerprint density at radius 2 is 2.10 bits per heavy atom. The average Bonchev–Trinajstić information content (AvgIpc) is 2.68. The van der Waals surface area contributed by atoms with E-state index in [9.17, 15) is 0 Å². The van der Waals surface area contributed by atoms with Crippen LogP contribution < -0.4 is 5.32 Å². The standard InChI is InChI=1S/C14H19BrN4O/c1-5-6-12-17-11(15)7-13(18-12)16-8(2)14-9(3)19-20-10(14)4/h7-8H,5-6H2,1-4H3,(H,16,17,18). The number of halogens is 1. The lowest BCUT2D eigenvalue weighted by molar-refractivity contribution is 0.392. The zero-order valence-electron chi connectivity index (χ0n) is 12.2. The summed E-state index contributed by atoms with van der Waals surface area (Å²) in [5.74, 6) is 2.49. The van der Waals surface area contributed by atoms with E-state index in [0.29, 0.717) is 0 Å². The molecule has 1 unspecified atom stereocenters. The van der Waals surface area contributed by atoms with E-state index in [1.165, 1.54) is 0 Å². The maximum Gasteiger partial charge on any atom is 0.139 e. The Bertz CT molecular complexity index is 577. The van der Waals surface area contributed by atoms with Crippen LogP contribution in [0.4, 0.5) is 5.82 Å². The number of hydrogen-bond donors (Lipinski definition) is 1. The number of rotatable bonds is 5. The SMILES string of the molecule is CCCc1nc(Br)cc(NC(C)c2c(C)noc2C)n1. The van der Waals surface area contributed by atoms with E-state index in [1.807, 2.05) is 19.9 Å². The maximum atomic E-state index is 5.21. The highest BCUT2D eigenvalue weighted by Gasteiger charge is 2.17. The van der Waals surface area contributed by atoms with Crippen LogP contribution in [0, 0.1) is 13.8 Å². The molecule has 0 aliphatic carbocycles. The predicted molar refractivity (Wildman–Crippen MR) is 81.7 cm³/mol. The molecule has 2 rings (SSSR count). The zero-order chi connectivity index (χ0) is 14.7. The summed E-state index contributed by atoms with van der Waals surface area (Å²) in [5.41, 5.74) is 1.99. The van der Waals surface area contributed by atoms with Gasteiger partial charge in [0, 0.05) is 18.1 Å². The zero-order valence-corrected chi connectivity index (χ0v) is 13.8. The molecule has 0 spiro atoms. The van der Waals surface area contributed by atoms with E-state index < -0.39 is 0 Å². The summed E-state index contributed by atoms with van der Waals surface area (Å²) in [7, 11) is 0. The first kappa shape index (κ1) is 15.0. The lowest BCUT2D eigenvalue weighted by Crippen LogP contribution is -2.11. The van der Waals surface area contributed by atoms with Crippen molar-refractivity contribution >= 4 is 21.7 Å². The second-order valence-electron chi connectivity index (χ2n) is 4.85. The Morgan fingerprint density at radius 3 is 2.70 bits per heavy atom. The van der Waals surface area contributed by atoms with Gasteiger partial charge in [-0.1, -0.05) is 12.1 Å². The topological polar surface area (TPSA) is 63.8 Å². The first-order valence-corrected chi connectivity index (χ1v) is 7.53. The van der Waals surface area contributed by atoms with Crippen molar-refractivity contribution in [3.05, 3.63) is 33.5 Å². The van der Waals surface area contributed by atoms with Gasteiger partial charge in [-0.05, 0) is 43.1 Å². The van der Waals surface area contributed by atoms with E-state index in [-0.39, 0.29) is 6.04 Å². The fourth-order valence-electron chi connectivity index (χ4n) is 2.28. The normalized spacial score (nSPS) is 12.4. The van der Waals surface area contributed by atoms with Crippen LogP contribution in [0.1, 0.15) is 49.2 Å². The molecule has 0 bridgehead atoms. The van der Waals surface area contributed by atoms with E-state index in [4.69, 9.17) is 4.52 Å². The lowest BCUT2D eigenvalue weighted by atomic mass is 10.1. The molecule has 20 heavy (non-hydrogen) atoms. The Labute approximate surface area is 127 Å². The molecular formula is C14H19BrN4O. The minimum Gasteiger partial charge on any atom is -0.363 e. The number of aromatic nitrogens is 3. The van der Waals surface area contributed by atoms with Crippen molar-refractivity contribution in [1.82, 2.24) is 15.1 Å². The highest BCUT2D eigenvalue weighted by Crippen LogP contribution is 2.25. The van der Waals surface area contributed by atoms with Crippen LogP contribution in [0.2, 0.25) is 0 Å². The van der Waals surface area contributed by atoms with Gasteiger partial charge < -0.3 is 9.84 Å². The van der Waals surface area contributed by atoms with Gasteiger partial charge >= 0.3 is 0 Å². The molecule has 0 saturated heterocycles. The molecule has 2 heterocycles. The monoisotopic (exact) mass is 338 g/mol. The van der Waals surface area contributed by atoms with Crippen LogP contribution in [0.25, 0.3) is 0 Å². The molecule has 6 heteroatoms. The van der Waals surface area contributed by atoms with Crippen LogP contribution in [0.15, 0.2) is 15.2 Å². The van der Waals surface area contributed by atoms with Crippen molar-refractivity contribution in [2.24, 2.45) is 0 Å². The molecule has 0 aliphatic heterocycles. The maximum absolute atomic E-state index is 5.21. The number of nitrogens with zero attached hydrogens (tertiary/aromatic N) is 3. The number of anilines is 1. The van der Waals surface area contributed by atoms with Gasteiger partial charge in [-0.2, -0.15) is 0 Å². The quantitative estimate of drug-likeness (QED) is 0.835. The fraction of sp³-hybridized carbons (Fsp3) is 0.500. The minimum atomic E-state index is 0.0810. The second kappa shape index (κ2) is 6.35. The van der Waals surface area contributed by atoms with E-state index in [2.05, 4.69) is 50.2 Å². The molecule has 0 radical (unpaired) electrons. The van der Waals surface area contributed by atoms with Gasteiger partial charge in [0.05, 0.1) is 11.7 Å². The van der Waals surface area contributed by atoms with Crippen LogP contribution >= 0.6 is 15.9 Å². The molecule has 0 aromatic carbocycles. The Hall–Kier alpha value is -1.43. The molecule has 1 N–H and O–H groups in total. The van der Waals surface area contributed by atoms with Gasteiger partial charge in [0.25, 0.3) is 0 Å². The Morgan fingerprint density at radius 1 is 1.35 bits per heavy atom. The summed E-state index contributed by atoms with van der Waals surface area (Å²) in [6, 6.07) is 1.96. The molecule has 0 saturated carbocycles. The van der Waals surface area contributed by atoms with Gasteiger partial charge in [-0.25, -0.2) is 9.97 Å². The largest absolute Gasteiger partial charge is 0.363 e. The van der Waals surface area contributed by atoms with Crippen molar-refractivity contribution in [3.8, 4) is 0 Å². The van der Waals surface area contributed by atoms with Crippen LogP contribution in [0.3, 0.4) is 0 Å². The van der Waals surface area contributed by atoms with Gasteiger partial charge in [-0.3, -0.25) is 0 Å². The van der Waals surface area contributed by atoms with Gasteiger partial charge in [0.2, 0.25) is 0 Å². The minimum absolute atomic E-state index is 0.0810. The number of hydrogen-bond acceptors (Lipinski definition) is 5. The van der Waals surface area contributed by atoms with Gasteiger partial charge in [-0.15, -0.1) is 0 Å². The lowest BCUT2D eigenvalue weighted by Gasteiger charge is -2.15. The Kier molecular flexibility index (Phi) is 4.75. The van der Waals surface area contributed by atoms with Crippen LogP contribution in [-0.4, -0.2) is 15.1 Å². The van der Waals surface area contributed by atoms with Gasteiger partial charge in [0.15, 0.2) is 0 Å². The first-order chi connectivity index (χ1) is 9.51. The number of nitrogens with one attached hydrogen (secondary N) is 1. The van der Waals surface area contributed by atoms with Crippen molar-refractivity contribution in [2.45, 2.75) is 46.6 Å². The second-order valence-corrected chi connectivity index (χ2v) is 5.66. The molecule has 5 nitrogen and oxygen atoms in total. The molecule has 2 aromatic rings. The third-order valence-corrected chi connectivity index (χ3v) is 3.51. The number of aryl methyl sites for hydroxylation is 3. The summed E-state index contributed by atoms with van der Waals surface area (Å²) in [6.07, 6.45) is 1.89. The molecule has 2 aromatic heterocycles. The molecule has 0 amide bonds. The Balaban J connectivity index is 2.21. The third kappa shape index (κ3) is 3.36. The van der Waals surface area contributed by atoms with E-state index in [0.717, 1.165) is 46.1 Å². The molecule has 0 fully saturated rings. The molecule has 108 valence electrons. The van der Waals surface area contributed by atoms with Gasteiger partial charge in [0.1, 0.15) is 22.0 Å².